The molecule has 0 aliphatic rings. The number of H-pyrrole nitrogens is 1. The average molecular weight is 338 g/mol. The summed E-state index contributed by atoms with van der Waals surface area (Å²) < 4.78 is 10.6. The third-order valence-electron chi connectivity index (χ3n) is 3.76. The summed E-state index contributed by atoms with van der Waals surface area (Å²) in [5.74, 6) is 0.188. The topological polar surface area (TPSA) is 80.4 Å². The van der Waals surface area contributed by atoms with Crippen molar-refractivity contribution in [3.8, 4) is 11.5 Å². The van der Waals surface area contributed by atoms with Crippen LogP contribution in [0.15, 0.2) is 54.7 Å². The van der Waals surface area contributed by atoms with E-state index < -0.39 is 11.7 Å². The molecule has 0 atom stereocenters. The summed E-state index contributed by atoms with van der Waals surface area (Å²) in [6.07, 6.45) is 1.56. The van der Waals surface area contributed by atoms with Gasteiger partial charge in [-0.05, 0) is 30.3 Å². The lowest BCUT2D eigenvalue weighted by Crippen LogP contribution is -2.34. The number of Topliss-reactive ketones (excluding diaryl/α,β-unsaturated/α-hetero) is 1. The minimum absolute atomic E-state index is 0.235. The Balaban J connectivity index is 1.51. The molecule has 3 aromatic rings. The second-order valence-corrected chi connectivity index (χ2v) is 5.36. The van der Waals surface area contributed by atoms with Gasteiger partial charge in [0.25, 0.3) is 11.7 Å². The van der Waals surface area contributed by atoms with Gasteiger partial charge in [0.2, 0.25) is 0 Å². The molecule has 0 bridgehead atoms. The largest absolute Gasteiger partial charge is 0.497 e. The monoisotopic (exact) mass is 338 g/mol. The van der Waals surface area contributed by atoms with E-state index in [4.69, 9.17) is 9.47 Å². The van der Waals surface area contributed by atoms with Crippen LogP contribution in [0.4, 0.5) is 0 Å². The molecule has 25 heavy (non-hydrogen) atoms. The first-order valence-corrected chi connectivity index (χ1v) is 7.84. The standard InChI is InChI=1S/C19H18N2O4/c1-24-13-6-8-14(9-7-13)25-11-10-20-19(23)18(22)16-12-21-17-5-3-2-4-15(16)17/h2-9,12,21H,10-11H2,1H3,(H,20,23). The van der Waals surface area contributed by atoms with Gasteiger partial charge in [-0.25, -0.2) is 0 Å². The smallest absolute Gasteiger partial charge is 0.292 e. The number of hydrogen-bond acceptors (Lipinski definition) is 4. The Kier molecular flexibility index (Phi) is 4.99. The third-order valence-corrected chi connectivity index (χ3v) is 3.76. The Hall–Kier alpha value is -3.28. The summed E-state index contributed by atoms with van der Waals surface area (Å²) in [6.45, 7) is 0.498. The van der Waals surface area contributed by atoms with E-state index in [1.807, 2.05) is 18.2 Å². The van der Waals surface area contributed by atoms with Gasteiger partial charge in [-0.15, -0.1) is 0 Å². The number of hydrogen-bond donors (Lipinski definition) is 2. The molecule has 0 fully saturated rings. The number of amides is 1. The molecule has 0 unspecified atom stereocenters. The van der Waals surface area contributed by atoms with Crippen LogP contribution in [-0.4, -0.2) is 36.9 Å². The van der Waals surface area contributed by atoms with Crippen molar-refractivity contribution in [2.45, 2.75) is 0 Å². The Bertz CT molecular complexity index is 884. The summed E-state index contributed by atoms with van der Waals surface area (Å²) in [4.78, 5) is 27.3. The molecule has 0 aliphatic heterocycles. The molecule has 0 saturated heterocycles. The number of ether oxygens (including phenoxy) is 2. The molecule has 6 heteroatoms. The van der Waals surface area contributed by atoms with Crippen LogP contribution < -0.4 is 14.8 Å². The van der Waals surface area contributed by atoms with Crippen LogP contribution in [0.1, 0.15) is 10.4 Å². The first-order chi connectivity index (χ1) is 12.2. The Morgan fingerprint density at radius 2 is 1.76 bits per heavy atom. The van der Waals surface area contributed by atoms with E-state index in [-0.39, 0.29) is 13.2 Å². The number of aromatic nitrogens is 1. The maximum Gasteiger partial charge on any atom is 0.292 e. The quantitative estimate of drug-likeness (QED) is 0.394. The fraction of sp³-hybridized carbons (Fsp3) is 0.158. The number of fused-ring (bicyclic) bond motifs is 1. The molecule has 1 heterocycles. The molecule has 0 spiro atoms. The van der Waals surface area contributed by atoms with Crippen molar-refractivity contribution in [2.24, 2.45) is 0 Å². The van der Waals surface area contributed by atoms with Gasteiger partial charge in [0.05, 0.1) is 19.2 Å². The van der Waals surface area contributed by atoms with E-state index in [1.54, 1.807) is 43.6 Å². The fourth-order valence-corrected chi connectivity index (χ4v) is 2.47. The number of carbonyl (C=O) groups excluding carboxylic acids is 2. The van der Waals surface area contributed by atoms with Gasteiger partial charge >= 0.3 is 0 Å². The van der Waals surface area contributed by atoms with Gasteiger partial charge in [0.15, 0.2) is 0 Å². The second-order valence-electron chi connectivity index (χ2n) is 5.36. The Morgan fingerprint density at radius 3 is 2.52 bits per heavy atom. The second kappa shape index (κ2) is 7.53. The van der Waals surface area contributed by atoms with Crippen molar-refractivity contribution in [3.05, 3.63) is 60.3 Å². The molecule has 0 radical (unpaired) electrons. The van der Waals surface area contributed by atoms with Gasteiger partial charge in [-0.2, -0.15) is 0 Å². The highest BCUT2D eigenvalue weighted by molar-refractivity contribution is 6.44. The zero-order valence-corrected chi connectivity index (χ0v) is 13.7. The van der Waals surface area contributed by atoms with E-state index in [2.05, 4.69) is 10.3 Å². The van der Waals surface area contributed by atoms with E-state index in [1.165, 1.54) is 0 Å². The lowest BCUT2D eigenvalue weighted by Gasteiger charge is -2.08. The van der Waals surface area contributed by atoms with E-state index in [0.29, 0.717) is 11.3 Å². The van der Waals surface area contributed by atoms with Crippen LogP contribution >= 0.6 is 0 Å². The number of nitrogens with one attached hydrogen (secondary N) is 2. The summed E-state index contributed by atoms with van der Waals surface area (Å²) >= 11 is 0. The first kappa shape index (κ1) is 16.6. The fourth-order valence-electron chi connectivity index (χ4n) is 2.47. The van der Waals surface area contributed by atoms with Crippen molar-refractivity contribution in [1.29, 1.82) is 0 Å². The lowest BCUT2D eigenvalue weighted by atomic mass is 10.1. The number of ketones is 1. The molecular weight excluding hydrogens is 320 g/mol. The maximum absolute atomic E-state index is 12.3. The molecule has 2 aromatic carbocycles. The molecule has 6 nitrogen and oxygen atoms in total. The SMILES string of the molecule is COc1ccc(OCCNC(=O)C(=O)c2c[nH]c3ccccc23)cc1. The average Bonchev–Trinajstić information content (AvgIpc) is 3.09. The minimum Gasteiger partial charge on any atom is -0.497 e. The zero-order chi connectivity index (χ0) is 17.6. The lowest BCUT2D eigenvalue weighted by molar-refractivity contribution is -0.117. The van der Waals surface area contributed by atoms with Crippen molar-refractivity contribution in [3.63, 3.8) is 0 Å². The van der Waals surface area contributed by atoms with Gasteiger partial charge in [0, 0.05) is 17.1 Å². The summed E-state index contributed by atoms with van der Waals surface area (Å²) in [7, 11) is 1.59. The van der Waals surface area contributed by atoms with E-state index in [0.717, 1.165) is 16.7 Å². The maximum atomic E-state index is 12.3. The normalized spacial score (nSPS) is 10.4. The number of carbonyl (C=O) groups is 2. The number of aromatic amines is 1. The molecule has 3 rings (SSSR count). The highest BCUT2D eigenvalue weighted by atomic mass is 16.5. The summed E-state index contributed by atoms with van der Waals surface area (Å²) in [5, 5.41) is 3.31. The number of benzene rings is 2. The van der Waals surface area contributed by atoms with Gasteiger partial charge in [0.1, 0.15) is 18.1 Å². The van der Waals surface area contributed by atoms with E-state index >= 15 is 0 Å². The van der Waals surface area contributed by atoms with Crippen LogP contribution in [0.25, 0.3) is 10.9 Å². The van der Waals surface area contributed by atoms with Crippen molar-refractivity contribution in [1.82, 2.24) is 10.3 Å². The van der Waals surface area contributed by atoms with E-state index in [9.17, 15) is 9.59 Å². The summed E-state index contributed by atoms with van der Waals surface area (Å²) in [6, 6.07) is 14.5. The molecule has 128 valence electrons. The van der Waals surface area contributed by atoms with Gasteiger partial charge < -0.3 is 19.8 Å². The van der Waals surface area contributed by atoms with Crippen molar-refractivity contribution >= 4 is 22.6 Å². The van der Waals surface area contributed by atoms with Crippen LogP contribution in [0, 0.1) is 0 Å². The predicted molar refractivity (Wildman–Crippen MR) is 94.1 cm³/mol. The van der Waals surface area contributed by atoms with Crippen LogP contribution in [0.2, 0.25) is 0 Å². The Labute approximate surface area is 144 Å². The van der Waals surface area contributed by atoms with Crippen LogP contribution in [0.5, 0.6) is 11.5 Å². The predicted octanol–water partition coefficient (Wildman–Crippen LogP) is 2.55. The van der Waals surface area contributed by atoms with Gasteiger partial charge in [-0.3, -0.25) is 9.59 Å². The zero-order valence-electron chi connectivity index (χ0n) is 13.7. The molecule has 2 N–H and O–H groups in total. The molecule has 0 saturated carbocycles. The van der Waals surface area contributed by atoms with Gasteiger partial charge in [-0.1, -0.05) is 18.2 Å². The molecule has 0 aliphatic carbocycles. The number of rotatable bonds is 7. The number of para-hydroxylation sites is 1. The Morgan fingerprint density at radius 1 is 1.04 bits per heavy atom. The van der Waals surface area contributed by atoms with Crippen molar-refractivity contribution < 1.29 is 19.1 Å². The highest BCUT2D eigenvalue weighted by Crippen LogP contribution is 2.18. The minimum atomic E-state index is -0.650. The molecule has 1 aromatic heterocycles. The molecule has 1 amide bonds. The first-order valence-electron chi connectivity index (χ1n) is 7.84. The highest BCUT2D eigenvalue weighted by Gasteiger charge is 2.19. The van der Waals surface area contributed by atoms with Crippen molar-refractivity contribution in [2.75, 3.05) is 20.3 Å². The summed E-state index contributed by atoms with van der Waals surface area (Å²) in [5.41, 5.74) is 1.19. The molecular formula is C19H18N2O4. The third kappa shape index (κ3) is 3.80. The number of methoxy groups -OCH3 is 1. The van der Waals surface area contributed by atoms with Crippen LogP contribution in [0.3, 0.4) is 0 Å². The van der Waals surface area contributed by atoms with Crippen LogP contribution in [-0.2, 0) is 4.79 Å².